The largest absolute Gasteiger partial charge is 0.468 e. The topological polar surface area (TPSA) is 122 Å². The molecule has 2 amide bonds. The van der Waals surface area contributed by atoms with E-state index in [9.17, 15) is 14.4 Å². The summed E-state index contributed by atoms with van der Waals surface area (Å²) in [5.41, 5.74) is 2.33. The van der Waals surface area contributed by atoms with Crippen molar-refractivity contribution in [1.29, 1.82) is 0 Å². The van der Waals surface area contributed by atoms with Crippen molar-refractivity contribution in [3.63, 3.8) is 0 Å². The molecular weight excluding hydrogens is 542 g/mol. The van der Waals surface area contributed by atoms with Gasteiger partial charge in [0.1, 0.15) is 27.3 Å². The van der Waals surface area contributed by atoms with Crippen molar-refractivity contribution in [2.24, 2.45) is 5.92 Å². The van der Waals surface area contributed by atoms with E-state index in [1.54, 1.807) is 20.8 Å². The second-order valence-electron chi connectivity index (χ2n) is 9.95. The molecule has 3 saturated heterocycles. The number of thiazole rings is 1. The maximum atomic E-state index is 14.1. The van der Waals surface area contributed by atoms with Gasteiger partial charge in [0.25, 0.3) is 5.91 Å². The van der Waals surface area contributed by atoms with Gasteiger partial charge in [0.05, 0.1) is 26.4 Å². The third-order valence-corrected chi connectivity index (χ3v) is 8.02. The lowest BCUT2D eigenvalue weighted by atomic mass is 9.73. The Labute approximate surface area is 216 Å². The summed E-state index contributed by atoms with van der Waals surface area (Å²) in [4.78, 5) is 46.1. The van der Waals surface area contributed by atoms with Gasteiger partial charge in [-0.25, -0.2) is 15.2 Å². The second kappa shape index (κ2) is 10.7. The smallest absolute Gasteiger partial charge is 0.408 e. The maximum Gasteiger partial charge on any atom is 0.408 e. The number of amides is 2. The number of methoxy groups -OCH3 is 1. The highest BCUT2D eigenvalue weighted by Gasteiger charge is 2.52. The summed E-state index contributed by atoms with van der Waals surface area (Å²) in [5.74, 6) is -0.634. The summed E-state index contributed by atoms with van der Waals surface area (Å²) >= 11 is 4.82. The minimum Gasteiger partial charge on any atom is -0.468 e. The average molecular weight is 574 g/mol. The lowest BCUT2D eigenvalue weighted by Gasteiger charge is -2.53. The van der Waals surface area contributed by atoms with Crippen LogP contribution in [0.4, 0.5) is 4.79 Å². The third kappa shape index (κ3) is 5.96. The lowest BCUT2D eigenvalue weighted by molar-refractivity contribution is -0.168. The quantitative estimate of drug-likeness (QED) is 0.490. The summed E-state index contributed by atoms with van der Waals surface area (Å²) in [5, 5.41) is 6.86. The Hall–Kier alpha value is -1.80. The number of nitrogens with zero attached hydrogens (tertiary/aromatic N) is 3. The van der Waals surface area contributed by atoms with Crippen LogP contribution in [0.15, 0.2) is 9.98 Å². The fourth-order valence-electron chi connectivity index (χ4n) is 4.72. The van der Waals surface area contributed by atoms with Crippen LogP contribution in [0.5, 0.6) is 0 Å². The number of aromatic nitrogens is 1. The Morgan fingerprint density at radius 2 is 1.97 bits per heavy atom. The molecule has 2 bridgehead atoms. The molecule has 1 aromatic heterocycles. The van der Waals surface area contributed by atoms with Gasteiger partial charge in [-0.1, -0.05) is 0 Å². The third-order valence-electron chi connectivity index (χ3n) is 6.40. The number of alkyl carbamates (subject to hydrolysis) is 1. The van der Waals surface area contributed by atoms with Gasteiger partial charge in [0, 0.05) is 24.5 Å². The molecule has 0 unspecified atom stereocenters. The molecule has 0 aromatic carbocycles. The van der Waals surface area contributed by atoms with E-state index in [-0.39, 0.29) is 17.9 Å². The van der Waals surface area contributed by atoms with Crippen molar-refractivity contribution >= 4 is 45.2 Å². The molecule has 3 atom stereocenters. The van der Waals surface area contributed by atoms with Crippen molar-refractivity contribution in [2.45, 2.75) is 63.4 Å². The van der Waals surface area contributed by atoms with Crippen molar-refractivity contribution < 1.29 is 28.6 Å². The first-order valence-electron chi connectivity index (χ1n) is 11.7. The molecule has 0 spiro atoms. The fourth-order valence-corrected chi connectivity index (χ4v) is 6.15. The first kappa shape index (κ1) is 26.3. The first-order chi connectivity index (χ1) is 16.6. The monoisotopic (exact) mass is 573 g/mol. The summed E-state index contributed by atoms with van der Waals surface area (Å²) in [6.45, 7) is 7.46. The number of ether oxygens (including phenoxy) is 3. The molecule has 5 rings (SSSR count). The van der Waals surface area contributed by atoms with E-state index >= 15 is 0 Å². The molecule has 3 aliphatic heterocycles. The molecule has 2 N–H and O–H groups in total. The molecule has 35 heavy (non-hydrogen) atoms. The SMILES string of the molecule is COC(=O)[C@H]1NN(C(=O)[C@@H](NC(=O)OC(C)(C)C)[C@@H](c2nc(Br)cs2)N2CCOCC2)C2CC1C2. The Balaban J connectivity index is 1.67. The maximum absolute atomic E-state index is 14.1. The van der Waals surface area contributed by atoms with Gasteiger partial charge in [-0.05, 0) is 55.5 Å². The first-order valence-corrected chi connectivity index (χ1v) is 13.3. The molecule has 11 nitrogen and oxygen atoms in total. The second-order valence-corrected chi connectivity index (χ2v) is 11.7. The van der Waals surface area contributed by atoms with Crippen LogP contribution in [0.1, 0.15) is 44.7 Å². The molecule has 4 heterocycles. The van der Waals surface area contributed by atoms with Gasteiger partial charge < -0.3 is 19.5 Å². The van der Waals surface area contributed by atoms with E-state index in [2.05, 4.69) is 36.6 Å². The van der Waals surface area contributed by atoms with E-state index in [0.29, 0.717) is 48.8 Å². The van der Waals surface area contributed by atoms with Crippen LogP contribution in [-0.4, -0.2) is 90.0 Å². The zero-order valence-corrected chi connectivity index (χ0v) is 22.7. The number of fused-ring (bicyclic) bond motifs is 2. The molecule has 1 aliphatic carbocycles. The highest BCUT2D eigenvalue weighted by molar-refractivity contribution is 9.10. The minimum atomic E-state index is -1.01. The number of hydrogen-bond donors (Lipinski definition) is 2. The van der Waals surface area contributed by atoms with E-state index in [1.807, 2.05) is 5.38 Å². The molecule has 0 radical (unpaired) electrons. The Bertz CT molecular complexity index is 943. The number of carbonyl (C=O) groups is 3. The number of rotatable bonds is 6. The zero-order chi connectivity index (χ0) is 25.3. The van der Waals surface area contributed by atoms with Crippen molar-refractivity contribution in [3.05, 3.63) is 15.0 Å². The molecular formula is C22H32BrN5O6S. The van der Waals surface area contributed by atoms with Crippen molar-refractivity contribution in [3.8, 4) is 0 Å². The van der Waals surface area contributed by atoms with E-state index < -0.39 is 35.8 Å². The van der Waals surface area contributed by atoms with Gasteiger partial charge in [-0.15, -0.1) is 11.3 Å². The molecule has 1 aromatic rings. The highest BCUT2D eigenvalue weighted by atomic mass is 79.9. The van der Waals surface area contributed by atoms with Crippen molar-refractivity contribution in [1.82, 2.24) is 25.6 Å². The van der Waals surface area contributed by atoms with Crippen LogP contribution in [0.2, 0.25) is 0 Å². The Morgan fingerprint density at radius 3 is 2.54 bits per heavy atom. The summed E-state index contributed by atoms with van der Waals surface area (Å²) in [6, 6.07) is -2.23. The summed E-state index contributed by atoms with van der Waals surface area (Å²) in [7, 11) is 1.34. The van der Waals surface area contributed by atoms with Gasteiger partial charge >= 0.3 is 12.1 Å². The molecule has 1 saturated carbocycles. The van der Waals surface area contributed by atoms with Crippen LogP contribution in [0, 0.1) is 5.92 Å². The number of hydrogen-bond acceptors (Lipinski definition) is 10. The molecule has 194 valence electrons. The summed E-state index contributed by atoms with van der Waals surface area (Å²) in [6.07, 6.45) is 0.698. The molecule has 13 heteroatoms. The Morgan fingerprint density at radius 1 is 1.29 bits per heavy atom. The molecule has 4 aliphatic rings. The van der Waals surface area contributed by atoms with Gasteiger partial charge in [0.15, 0.2) is 0 Å². The predicted octanol–water partition coefficient (Wildman–Crippen LogP) is 1.84. The number of halogens is 1. The fraction of sp³-hybridized carbons (Fsp3) is 0.727. The number of morpholine rings is 1. The number of esters is 1. The number of nitrogens with one attached hydrogen (secondary N) is 2. The lowest BCUT2D eigenvalue weighted by Crippen LogP contribution is -2.72. The van der Waals surface area contributed by atoms with E-state index in [0.717, 1.165) is 0 Å². The van der Waals surface area contributed by atoms with E-state index in [1.165, 1.54) is 23.5 Å². The van der Waals surface area contributed by atoms with Crippen LogP contribution in [0.25, 0.3) is 0 Å². The predicted molar refractivity (Wildman–Crippen MR) is 130 cm³/mol. The highest BCUT2D eigenvalue weighted by Crippen LogP contribution is 2.40. The summed E-state index contributed by atoms with van der Waals surface area (Å²) < 4.78 is 16.6. The number of carbonyl (C=O) groups excluding carboxylic acids is 3. The van der Waals surface area contributed by atoms with Crippen LogP contribution in [-0.2, 0) is 23.8 Å². The van der Waals surface area contributed by atoms with Crippen molar-refractivity contribution in [2.75, 3.05) is 33.4 Å². The van der Waals surface area contributed by atoms with Crippen LogP contribution < -0.4 is 10.7 Å². The van der Waals surface area contributed by atoms with Gasteiger partial charge in [-0.2, -0.15) is 0 Å². The number of hydrazine groups is 1. The van der Waals surface area contributed by atoms with Crippen LogP contribution in [0.3, 0.4) is 0 Å². The van der Waals surface area contributed by atoms with Gasteiger partial charge in [-0.3, -0.25) is 19.5 Å². The molecule has 4 fully saturated rings. The zero-order valence-electron chi connectivity index (χ0n) is 20.3. The normalized spacial score (nSPS) is 26.3. The minimum absolute atomic E-state index is 0.0651. The Kier molecular flexibility index (Phi) is 8.01. The van der Waals surface area contributed by atoms with Gasteiger partial charge in [0.2, 0.25) is 0 Å². The standard InChI is InChI=1S/C22H32BrN5O6S/c1-22(2,3)34-21(31)25-16(17(18-24-14(23)11-35-18)27-5-7-33-8-6-27)19(29)28-13-9-12(10-13)15(26-28)20(30)32-4/h11-13,15-17,26H,5-10H2,1-4H3,(H,25,31)/t12?,13?,15-,16-,17-/m0/s1. The average Bonchev–Trinajstić information content (AvgIpc) is 3.21. The van der Waals surface area contributed by atoms with E-state index in [4.69, 9.17) is 14.2 Å². The van der Waals surface area contributed by atoms with Crippen LogP contribution >= 0.6 is 27.3 Å².